The van der Waals surface area contributed by atoms with Crippen LogP contribution >= 0.6 is 11.6 Å². The first-order valence-corrected chi connectivity index (χ1v) is 5.65. The van der Waals surface area contributed by atoms with E-state index in [4.69, 9.17) is 0 Å². The molecule has 0 amide bonds. The van der Waals surface area contributed by atoms with Gasteiger partial charge in [-0.2, -0.15) is 30.7 Å². The van der Waals surface area contributed by atoms with Gasteiger partial charge in [-0.3, -0.25) is 0 Å². The minimum atomic E-state index is -6.04. The molecule has 0 bridgehead atoms. The average molecular weight is 377 g/mol. The third-order valence-corrected chi connectivity index (χ3v) is 3.38. The summed E-state index contributed by atoms with van der Waals surface area (Å²) in [4.78, 5) is 0. The van der Waals surface area contributed by atoms with E-state index in [-0.39, 0.29) is 0 Å². The fourth-order valence-electron chi connectivity index (χ4n) is 1.99. The van der Waals surface area contributed by atoms with Gasteiger partial charge in [-0.05, 0) is 0 Å². The third-order valence-electron chi connectivity index (χ3n) is 2.98. The number of hydrogen-bond acceptors (Lipinski definition) is 0. The number of benzene rings is 1. The van der Waals surface area contributed by atoms with Crippen LogP contribution in [0.3, 0.4) is 0 Å². The van der Waals surface area contributed by atoms with Crippen LogP contribution in [0.25, 0.3) is 0 Å². The van der Waals surface area contributed by atoms with Crippen molar-refractivity contribution in [3.05, 3.63) is 45.0 Å². The first-order chi connectivity index (χ1) is 10.2. The summed E-state index contributed by atoms with van der Waals surface area (Å²) in [5.74, 6) is -23.4. The van der Waals surface area contributed by atoms with Crippen LogP contribution < -0.4 is 0 Å². The largest absolute Gasteiger partial charge is 0.422 e. The van der Waals surface area contributed by atoms with Gasteiger partial charge in [-0.15, -0.1) is 0 Å². The molecule has 0 spiro atoms. The van der Waals surface area contributed by atoms with Crippen LogP contribution in [0.5, 0.6) is 0 Å². The Kier molecular flexibility index (Phi) is 3.68. The molecule has 2 rings (SSSR count). The van der Waals surface area contributed by atoms with Crippen molar-refractivity contribution in [1.82, 2.24) is 0 Å². The zero-order chi connectivity index (χ0) is 18.1. The summed E-state index contributed by atoms with van der Waals surface area (Å²) in [5.41, 5.74) is -8.94. The van der Waals surface area contributed by atoms with Crippen molar-refractivity contribution in [2.45, 2.75) is 18.0 Å². The summed E-state index contributed by atoms with van der Waals surface area (Å²) in [7, 11) is 0. The molecule has 0 heterocycles. The Hall–Kier alpha value is -1.52. The predicted molar refractivity (Wildman–Crippen MR) is 53.1 cm³/mol. The summed E-state index contributed by atoms with van der Waals surface area (Å²) >= 11 is 4.62. The summed E-state index contributed by atoms with van der Waals surface area (Å²) in [6, 6.07) is 0. The molecule has 0 saturated carbocycles. The molecule has 0 N–H and O–H groups in total. The second kappa shape index (κ2) is 4.74. The zero-order valence-corrected chi connectivity index (χ0v) is 10.8. The van der Waals surface area contributed by atoms with Gasteiger partial charge in [0, 0.05) is 0 Å². The van der Waals surface area contributed by atoms with Gasteiger partial charge >= 0.3 is 18.0 Å². The first-order valence-electron chi connectivity index (χ1n) is 5.27. The van der Waals surface area contributed by atoms with Crippen LogP contribution in [0.1, 0.15) is 16.7 Å². The standard InChI is InChI=1S/C11ClF11/c12-7-8(16)10(19,20)1-2(9(7,17)18)5(14)6(15)3(4(1)13)11(21,22)23. The van der Waals surface area contributed by atoms with Crippen molar-refractivity contribution in [1.29, 1.82) is 0 Å². The molecule has 128 valence electrons. The number of rotatable bonds is 0. The molecule has 1 aromatic carbocycles. The van der Waals surface area contributed by atoms with E-state index in [0.29, 0.717) is 0 Å². The monoisotopic (exact) mass is 376 g/mol. The van der Waals surface area contributed by atoms with E-state index < -0.39 is 63.0 Å². The molecule has 0 radical (unpaired) electrons. The van der Waals surface area contributed by atoms with Crippen LogP contribution in [0.15, 0.2) is 10.9 Å². The highest BCUT2D eigenvalue weighted by Crippen LogP contribution is 2.57. The fourth-order valence-corrected chi connectivity index (χ4v) is 2.21. The molecule has 1 aromatic rings. The van der Waals surface area contributed by atoms with Gasteiger partial charge in [-0.25, -0.2) is 17.6 Å². The Morgan fingerprint density at radius 1 is 0.696 bits per heavy atom. The van der Waals surface area contributed by atoms with Gasteiger partial charge in [0.15, 0.2) is 17.5 Å². The van der Waals surface area contributed by atoms with E-state index in [1.807, 2.05) is 0 Å². The highest BCUT2D eigenvalue weighted by Gasteiger charge is 2.61. The van der Waals surface area contributed by atoms with Crippen molar-refractivity contribution in [2.24, 2.45) is 0 Å². The number of allylic oxidation sites excluding steroid dienone is 2. The maximum absolute atomic E-state index is 13.7. The van der Waals surface area contributed by atoms with Crippen molar-refractivity contribution in [2.75, 3.05) is 0 Å². The summed E-state index contributed by atoms with van der Waals surface area (Å²) < 4.78 is 146. The minimum Gasteiger partial charge on any atom is -0.206 e. The molecule has 0 aromatic heterocycles. The maximum atomic E-state index is 13.7. The summed E-state index contributed by atoms with van der Waals surface area (Å²) in [6.45, 7) is 0. The van der Waals surface area contributed by atoms with Crippen molar-refractivity contribution < 1.29 is 48.3 Å². The highest BCUT2D eigenvalue weighted by molar-refractivity contribution is 6.31. The fraction of sp³-hybridized carbons (Fsp3) is 0.273. The molecule has 0 saturated heterocycles. The van der Waals surface area contributed by atoms with Crippen molar-refractivity contribution >= 4 is 11.6 Å². The molecule has 0 nitrogen and oxygen atoms in total. The smallest absolute Gasteiger partial charge is 0.206 e. The minimum absolute atomic E-state index is 2.59. The normalized spacial score (nSPS) is 19.8. The number of hydrogen-bond donors (Lipinski definition) is 0. The molecule has 23 heavy (non-hydrogen) atoms. The van der Waals surface area contributed by atoms with Crippen LogP contribution in [-0.2, 0) is 18.0 Å². The number of fused-ring (bicyclic) bond motifs is 1. The van der Waals surface area contributed by atoms with E-state index in [1.165, 1.54) is 0 Å². The van der Waals surface area contributed by atoms with E-state index in [2.05, 4.69) is 11.6 Å². The van der Waals surface area contributed by atoms with E-state index >= 15 is 0 Å². The second-order valence-electron chi connectivity index (χ2n) is 4.34. The average Bonchev–Trinajstić information content (AvgIpc) is 2.37. The van der Waals surface area contributed by atoms with Crippen molar-refractivity contribution in [3.63, 3.8) is 0 Å². The van der Waals surface area contributed by atoms with Gasteiger partial charge in [-0.1, -0.05) is 11.6 Å². The number of alkyl halides is 7. The molecule has 0 fully saturated rings. The summed E-state index contributed by atoms with van der Waals surface area (Å²) in [5, 5.41) is -2.59. The van der Waals surface area contributed by atoms with Crippen LogP contribution in [0, 0.1) is 17.5 Å². The van der Waals surface area contributed by atoms with Crippen LogP contribution in [-0.4, -0.2) is 0 Å². The Balaban J connectivity index is 3.09. The SMILES string of the molecule is FC1=C(Cl)C(F)(F)c2c(F)c(F)c(C(F)(F)F)c(F)c2C1(F)F. The van der Waals surface area contributed by atoms with E-state index in [1.54, 1.807) is 0 Å². The molecular formula is C11ClF11. The maximum Gasteiger partial charge on any atom is 0.422 e. The molecule has 1 aliphatic carbocycles. The molecule has 1 aliphatic rings. The van der Waals surface area contributed by atoms with Crippen LogP contribution in [0.2, 0.25) is 0 Å². The second-order valence-corrected chi connectivity index (χ2v) is 4.72. The van der Waals surface area contributed by atoms with E-state index in [9.17, 15) is 48.3 Å². The van der Waals surface area contributed by atoms with Crippen LogP contribution in [0.4, 0.5) is 48.3 Å². The van der Waals surface area contributed by atoms with E-state index in [0.717, 1.165) is 0 Å². The Morgan fingerprint density at radius 3 is 1.57 bits per heavy atom. The van der Waals surface area contributed by atoms with Gasteiger partial charge < -0.3 is 0 Å². The summed E-state index contributed by atoms with van der Waals surface area (Å²) in [6.07, 6.45) is -6.04. The molecule has 0 aliphatic heterocycles. The lowest BCUT2D eigenvalue weighted by molar-refractivity contribution is -0.143. The van der Waals surface area contributed by atoms with Gasteiger partial charge in [0.2, 0.25) is 0 Å². The quantitative estimate of drug-likeness (QED) is 0.400. The lowest BCUT2D eigenvalue weighted by Gasteiger charge is -2.31. The topological polar surface area (TPSA) is 0 Å². The number of halogens is 12. The highest BCUT2D eigenvalue weighted by atomic mass is 35.5. The predicted octanol–water partition coefficient (Wildman–Crippen LogP) is 5.74. The lowest BCUT2D eigenvalue weighted by Crippen LogP contribution is -2.35. The zero-order valence-electron chi connectivity index (χ0n) is 10.0. The molecule has 12 heteroatoms. The van der Waals surface area contributed by atoms with Gasteiger partial charge in [0.05, 0.1) is 11.1 Å². The first kappa shape index (κ1) is 17.8. The molecule has 0 atom stereocenters. The molecule has 0 unspecified atom stereocenters. The third kappa shape index (κ3) is 2.19. The van der Waals surface area contributed by atoms with Crippen molar-refractivity contribution in [3.8, 4) is 0 Å². The Morgan fingerprint density at radius 2 is 1.13 bits per heavy atom. The Labute approximate surface area is 124 Å². The van der Waals surface area contributed by atoms with Gasteiger partial charge in [0.1, 0.15) is 16.4 Å². The molecular weight excluding hydrogens is 377 g/mol. The lowest BCUT2D eigenvalue weighted by atomic mass is 9.87. The van der Waals surface area contributed by atoms with Gasteiger partial charge in [0.25, 0.3) is 0 Å². The Bertz CT molecular complexity index is 729.